The average Bonchev–Trinajstić information content (AvgIpc) is 3.46. The second-order valence-corrected chi connectivity index (χ2v) is 8.72. The third-order valence-electron chi connectivity index (χ3n) is 4.48. The van der Waals surface area contributed by atoms with Gasteiger partial charge in [0.25, 0.3) is 5.91 Å². The molecule has 0 saturated carbocycles. The predicted molar refractivity (Wildman–Crippen MR) is 122 cm³/mol. The van der Waals surface area contributed by atoms with E-state index in [1.165, 1.54) is 22.7 Å². The zero-order valence-electron chi connectivity index (χ0n) is 16.4. The van der Waals surface area contributed by atoms with E-state index in [1.54, 1.807) is 12.1 Å². The van der Waals surface area contributed by atoms with Gasteiger partial charge in [-0.3, -0.25) is 14.8 Å². The van der Waals surface area contributed by atoms with Crippen LogP contribution in [0.1, 0.15) is 27.9 Å². The molecule has 9 heteroatoms. The van der Waals surface area contributed by atoms with Crippen molar-refractivity contribution in [3.63, 3.8) is 0 Å². The minimum Gasteiger partial charge on any atom is -0.489 e. The fourth-order valence-electron chi connectivity index (χ4n) is 2.92. The van der Waals surface area contributed by atoms with Crippen LogP contribution in [0.3, 0.4) is 0 Å². The SMILES string of the molecule is CCn1ncc(-c2csc(NC(=O)c3cc(COc4cccc(Cl)c4)cs3)n2)c1C. The summed E-state index contributed by atoms with van der Waals surface area (Å²) in [5.41, 5.74) is 3.77. The lowest BCUT2D eigenvalue weighted by atomic mass is 10.2. The minimum absolute atomic E-state index is 0.184. The van der Waals surface area contributed by atoms with Crippen molar-refractivity contribution >= 4 is 45.3 Å². The maximum absolute atomic E-state index is 12.6. The van der Waals surface area contributed by atoms with Gasteiger partial charge in [0.05, 0.1) is 16.8 Å². The molecular weight excluding hydrogens is 440 g/mol. The first-order chi connectivity index (χ1) is 14.5. The van der Waals surface area contributed by atoms with Crippen LogP contribution < -0.4 is 10.1 Å². The first-order valence-electron chi connectivity index (χ1n) is 9.29. The highest BCUT2D eigenvalue weighted by Gasteiger charge is 2.15. The van der Waals surface area contributed by atoms with Gasteiger partial charge in [-0.25, -0.2) is 4.98 Å². The van der Waals surface area contributed by atoms with Crippen molar-refractivity contribution in [2.24, 2.45) is 0 Å². The molecule has 4 aromatic rings. The van der Waals surface area contributed by atoms with Gasteiger partial charge < -0.3 is 4.74 Å². The van der Waals surface area contributed by atoms with E-state index in [2.05, 4.69) is 15.4 Å². The summed E-state index contributed by atoms with van der Waals surface area (Å²) in [6, 6.07) is 9.06. The lowest BCUT2D eigenvalue weighted by molar-refractivity contribution is 0.103. The Hall–Kier alpha value is -2.68. The van der Waals surface area contributed by atoms with Crippen LogP contribution in [0, 0.1) is 6.92 Å². The summed E-state index contributed by atoms with van der Waals surface area (Å²) in [5.74, 6) is 0.507. The van der Waals surface area contributed by atoms with Crippen molar-refractivity contribution in [2.45, 2.75) is 27.0 Å². The number of thiophene rings is 1. The zero-order chi connectivity index (χ0) is 21.1. The molecule has 0 aliphatic carbocycles. The number of rotatable bonds is 7. The van der Waals surface area contributed by atoms with Gasteiger partial charge in [0.1, 0.15) is 12.4 Å². The van der Waals surface area contributed by atoms with Gasteiger partial charge in [0, 0.05) is 33.8 Å². The van der Waals surface area contributed by atoms with E-state index in [4.69, 9.17) is 16.3 Å². The number of amides is 1. The number of ether oxygens (including phenoxy) is 1. The number of aryl methyl sites for hydroxylation is 1. The Morgan fingerprint density at radius 2 is 2.13 bits per heavy atom. The molecule has 1 N–H and O–H groups in total. The van der Waals surface area contributed by atoms with Gasteiger partial charge in [-0.05, 0) is 43.5 Å². The number of carbonyl (C=O) groups excluding carboxylic acids is 1. The van der Waals surface area contributed by atoms with Crippen LogP contribution in [-0.2, 0) is 13.2 Å². The van der Waals surface area contributed by atoms with E-state index >= 15 is 0 Å². The van der Waals surface area contributed by atoms with Crippen molar-refractivity contribution in [2.75, 3.05) is 5.32 Å². The summed E-state index contributed by atoms with van der Waals surface area (Å²) in [4.78, 5) is 17.8. The summed E-state index contributed by atoms with van der Waals surface area (Å²) < 4.78 is 7.65. The smallest absolute Gasteiger partial charge is 0.267 e. The van der Waals surface area contributed by atoms with E-state index in [9.17, 15) is 4.79 Å². The molecule has 0 spiro atoms. The van der Waals surface area contributed by atoms with Gasteiger partial charge in [-0.2, -0.15) is 5.10 Å². The Balaban J connectivity index is 1.39. The molecule has 1 aromatic carbocycles. The maximum atomic E-state index is 12.6. The number of anilines is 1. The highest BCUT2D eigenvalue weighted by Crippen LogP contribution is 2.28. The molecule has 0 aliphatic heterocycles. The predicted octanol–water partition coefficient (Wildman–Crippen LogP) is 5.88. The van der Waals surface area contributed by atoms with Crippen LogP contribution >= 0.6 is 34.3 Å². The van der Waals surface area contributed by atoms with Crippen LogP contribution in [0.15, 0.2) is 47.3 Å². The molecule has 0 atom stereocenters. The second kappa shape index (κ2) is 8.99. The molecule has 0 aliphatic rings. The van der Waals surface area contributed by atoms with E-state index < -0.39 is 0 Å². The molecule has 0 fully saturated rings. The van der Waals surface area contributed by atoms with Gasteiger partial charge in [-0.1, -0.05) is 17.7 Å². The molecule has 30 heavy (non-hydrogen) atoms. The Kier molecular flexibility index (Phi) is 6.17. The molecule has 154 valence electrons. The van der Waals surface area contributed by atoms with Gasteiger partial charge in [0.15, 0.2) is 5.13 Å². The molecule has 3 aromatic heterocycles. The summed E-state index contributed by atoms with van der Waals surface area (Å²) in [5, 5.41) is 12.3. The number of nitrogens with zero attached hydrogens (tertiary/aromatic N) is 3. The van der Waals surface area contributed by atoms with Crippen LogP contribution in [0.2, 0.25) is 5.02 Å². The lowest BCUT2D eigenvalue weighted by Crippen LogP contribution is -2.09. The molecule has 0 bridgehead atoms. The summed E-state index contributed by atoms with van der Waals surface area (Å²) in [6.45, 7) is 5.24. The average molecular weight is 459 g/mol. The molecule has 3 heterocycles. The number of halogens is 1. The zero-order valence-corrected chi connectivity index (χ0v) is 18.8. The van der Waals surface area contributed by atoms with E-state index in [1.807, 2.05) is 53.7 Å². The Bertz CT molecular complexity index is 1180. The normalized spacial score (nSPS) is 10.9. The van der Waals surface area contributed by atoms with Gasteiger partial charge in [-0.15, -0.1) is 22.7 Å². The quantitative estimate of drug-likeness (QED) is 0.375. The van der Waals surface area contributed by atoms with Crippen LogP contribution in [-0.4, -0.2) is 20.7 Å². The van der Waals surface area contributed by atoms with E-state index in [0.717, 1.165) is 29.1 Å². The van der Waals surface area contributed by atoms with Crippen LogP contribution in [0.4, 0.5) is 5.13 Å². The number of benzene rings is 1. The van der Waals surface area contributed by atoms with Crippen molar-refractivity contribution in [3.8, 4) is 17.0 Å². The topological polar surface area (TPSA) is 69.0 Å². The summed E-state index contributed by atoms with van der Waals surface area (Å²) in [7, 11) is 0. The third-order valence-corrected chi connectivity index (χ3v) is 6.45. The maximum Gasteiger partial charge on any atom is 0.267 e. The first-order valence-corrected chi connectivity index (χ1v) is 11.4. The highest BCUT2D eigenvalue weighted by atomic mass is 35.5. The summed E-state index contributed by atoms with van der Waals surface area (Å²) >= 11 is 8.74. The van der Waals surface area contributed by atoms with Crippen LogP contribution in [0.25, 0.3) is 11.3 Å². The van der Waals surface area contributed by atoms with E-state index in [0.29, 0.717) is 27.4 Å². The van der Waals surface area contributed by atoms with Gasteiger partial charge in [0.2, 0.25) is 0 Å². The summed E-state index contributed by atoms with van der Waals surface area (Å²) in [6.07, 6.45) is 1.81. The molecule has 0 unspecified atom stereocenters. The largest absolute Gasteiger partial charge is 0.489 e. The first kappa shape index (κ1) is 20.6. The van der Waals surface area contributed by atoms with Crippen LogP contribution in [0.5, 0.6) is 5.75 Å². The number of hydrogen-bond acceptors (Lipinski definition) is 6. The molecule has 0 saturated heterocycles. The van der Waals surface area contributed by atoms with Crippen molar-refractivity contribution in [3.05, 3.63) is 68.4 Å². The Morgan fingerprint density at radius 3 is 2.90 bits per heavy atom. The number of carbonyl (C=O) groups is 1. The standard InChI is InChI=1S/C21H19ClN4O2S2/c1-3-26-13(2)17(9-23-26)18-12-30-21(24-18)25-20(27)19-7-14(11-29-19)10-28-16-6-4-5-15(22)8-16/h4-9,11-12H,3,10H2,1-2H3,(H,24,25,27). The van der Waals surface area contributed by atoms with Crippen molar-refractivity contribution < 1.29 is 9.53 Å². The van der Waals surface area contributed by atoms with Crippen molar-refractivity contribution in [1.82, 2.24) is 14.8 Å². The minimum atomic E-state index is -0.184. The van der Waals surface area contributed by atoms with Gasteiger partial charge >= 0.3 is 0 Å². The molecule has 0 radical (unpaired) electrons. The Labute approximate surface area is 187 Å². The number of thiazole rings is 1. The molecule has 6 nitrogen and oxygen atoms in total. The lowest BCUT2D eigenvalue weighted by Gasteiger charge is -2.04. The van der Waals surface area contributed by atoms with Crippen molar-refractivity contribution in [1.29, 1.82) is 0 Å². The molecule has 4 rings (SSSR count). The Morgan fingerprint density at radius 1 is 1.27 bits per heavy atom. The van der Waals surface area contributed by atoms with E-state index in [-0.39, 0.29) is 5.91 Å². The number of hydrogen-bond donors (Lipinski definition) is 1. The second-order valence-electron chi connectivity index (χ2n) is 6.52. The highest BCUT2D eigenvalue weighted by molar-refractivity contribution is 7.14. The molecule has 1 amide bonds. The third kappa shape index (κ3) is 4.56. The number of nitrogens with one attached hydrogen (secondary N) is 1. The monoisotopic (exact) mass is 458 g/mol. The fourth-order valence-corrected chi connectivity index (χ4v) is 4.60. The molecular formula is C21H19ClN4O2S2. The fraction of sp³-hybridized carbons (Fsp3) is 0.190. The number of aromatic nitrogens is 3.